The first-order valence-electron chi connectivity index (χ1n) is 12.1. The number of aromatic nitrogens is 4. The molecule has 192 valence electrons. The molecule has 5 rings (SSSR count). The third kappa shape index (κ3) is 5.88. The molecule has 3 aromatic heterocycles. The molecule has 4 heterocycles. The number of nitrogens with zero attached hydrogens (tertiary/aromatic N) is 6. The number of benzene rings is 1. The van der Waals surface area contributed by atoms with Crippen molar-refractivity contribution < 1.29 is 9.53 Å². The molecule has 1 fully saturated rings. The zero-order valence-corrected chi connectivity index (χ0v) is 21.9. The lowest BCUT2D eigenvalue weighted by molar-refractivity contribution is 0.0240. The number of ether oxygens (including phenoxy) is 1. The Bertz CT molecular complexity index is 1450. The van der Waals surface area contributed by atoms with Crippen LogP contribution in [0.1, 0.15) is 26.3 Å². The third-order valence-corrected chi connectivity index (χ3v) is 6.80. The third-order valence-electron chi connectivity index (χ3n) is 5.84. The minimum absolute atomic E-state index is 0.232. The molecule has 1 aromatic carbocycles. The fourth-order valence-electron chi connectivity index (χ4n) is 3.99. The van der Waals surface area contributed by atoms with Crippen LogP contribution in [-0.2, 0) is 11.3 Å². The summed E-state index contributed by atoms with van der Waals surface area (Å²) in [7, 11) is 0. The summed E-state index contributed by atoms with van der Waals surface area (Å²) in [6, 6.07) is 13.4. The molecule has 1 N–H and O–H groups in total. The molecule has 1 amide bonds. The Labute approximate surface area is 218 Å². The lowest BCUT2D eigenvalue weighted by Gasteiger charge is -2.36. The summed E-state index contributed by atoms with van der Waals surface area (Å²) >= 11 is 1.37. The van der Waals surface area contributed by atoms with E-state index in [1.807, 2.05) is 62.1 Å². The number of nitrogens with one attached hydrogen (secondary N) is 1. The van der Waals surface area contributed by atoms with Gasteiger partial charge in [0, 0.05) is 62.4 Å². The van der Waals surface area contributed by atoms with Gasteiger partial charge in [-0.1, -0.05) is 23.5 Å². The van der Waals surface area contributed by atoms with Crippen molar-refractivity contribution >= 4 is 33.9 Å². The maximum atomic E-state index is 12.9. The lowest BCUT2D eigenvalue weighted by Crippen LogP contribution is -2.50. The second-order valence-corrected chi connectivity index (χ2v) is 10.8. The molecule has 0 saturated carbocycles. The summed E-state index contributed by atoms with van der Waals surface area (Å²) in [5.74, 6) is 0.594. The summed E-state index contributed by atoms with van der Waals surface area (Å²) in [6.07, 6.45) is 3.23. The highest BCUT2D eigenvalue weighted by atomic mass is 32.1. The van der Waals surface area contributed by atoms with E-state index >= 15 is 0 Å². The lowest BCUT2D eigenvalue weighted by atomic mass is 10.2. The van der Waals surface area contributed by atoms with Gasteiger partial charge in [-0.15, -0.1) is 0 Å². The second-order valence-electron chi connectivity index (χ2n) is 9.80. The van der Waals surface area contributed by atoms with Crippen molar-refractivity contribution in [3.8, 4) is 10.6 Å². The minimum Gasteiger partial charge on any atom is -0.444 e. The molecular weight excluding hydrogens is 490 g/mol. The zero-order valence-electron chi connectivity index (χ0n) is 21.0. The van der Waals surface area contributed by atoms with Crippen molar-refractivity contribution in [3.05, 3.63) is 70.8 Å². The number of fused-ring (bicyclic) bond motifs is 1. The number of carbonyl (C=O) groups excluding carboxylic acids is 1. The van der Waals surface area contributed by atoms with Crippen LogP contribution in [0.4, 0.5) is 16.3 Å². The fraction of sp³-hybridized carbons (Fsp3) is 0.346. The molecular formula is C26H29N7O3S. The standard InChI is InChI=1S/C26H29N7O3S/c1-26(2,3)36-25(35)32-13-11-31(12-14-32)21-16-22(34)33-24(29-21)37-23(30-33)19-5-4-6-20(15-19)28-17-18-7-9-27-10-8-18/h4-10,15-16,28H,11-14,17H2,1-3H3. The van der Waals surface area contributed by atoms with Gasteiger partial charge in [0.05, 0.1) is 0 Å². The average Bonchev–Trinajstić information content (AvgIpc) is 3.33. The van der Waals surface area contributed by atoms with Gasteiger partial charge in [0.1, 0.15) is 16.4 Å². The molecule has 11 heteroatoms. The zero-order chi connectivity index (χ0) is 26.0. The van der Waals surface area contributed by atoms with Gasteiger partial charge in [-0.05, 0) is 50.6 Å². The molecule has 10 nitrogen and oxygen atoms in total. The quantitative estimate of drug-likeness (QED) is 0.424. The van der Waals surface area contributed by atoms with Gasteiger partial charge in [0.15, 0.2) is 0 Å². The Morgan fingerprint density at radius 3 is 2.57 bits per heavy atom. The smallest absolute Gasteiger partial charge is 0.410 e. The molecule has 1 aliphatic heterocycles. The molecule has 0 aliphatic carbocycles. The number of anilines is 2. The molecule has 0 bridgehead atoms. The van der Waals surface area contributed by atoms with Crippen LogP contribution in [0.3, 0.4) is 0 Å². The van der Waals surface area contributed by atoms with Crippen LogP contribution in [0.25, 0.3) is 15.5 Å². The highest BCUT2D eigenvalue weighted by molar-refractivity contribution is 7.19. The summed E-state index contributed by atoms with van der Waals surface area (Å²) in [5.41, 5.74) is 2.23. The van der Waals surface area contributed by atoms with Crippen molar-refractivity contribution in [3.63, 3.8) is 0 Å². The largest absolute Gasteiger partial charge is 0.444 e. The van der Waals surface area contributed by atoms with E-state index in [2.05, 4.69) is 15.4 Å². The highest BCUT2D eigenvalue weighted by Gasteiger charge is 2.27. The van der Waals surface area contributed by atoms with Gasteiger partial charge < -0.3 is 19.9 Å². The van der Waals surface area contributed by atoms with Crippen molar-refractivity contribution in [1.29, 1.82) is 0 Å². The summed E-state index contributed by atoms with van der Waals surface area (Å²) in [6.45, 7) is 8.38. The van der Waals surface area contributed by atoms with Gasteiger partial charge in [-0.2, -0.15) is 9.61 Å². The maximum Gasteiger partial charge on any atom is 0.410 e. The topological polar surface area (TPSA) is 105 Å². The van der Waals surface area contributed by atoms with Crippen molar-refractivity contribution in [2.24, 2.45) is 0 Å². The summed E-state index contributed by atoms with van der Waals surface area (Å²) in [4.78, 5) is 38.3. The first-order chi connectivity index (χ1) is 17.7. The Balaban J connectivity index is 1.30. The Morgan fingerprint density at radius 2 is 1.84 bits per heavy atom. The van der Waals surface area contributed by atoms with Gasteiger partial charge >= 0.3 is 6.09 Å². The van der Waals surface area contributed by atoms with Crippen LogP contribution in [0.2, 0.25) is 0 Å². The Morgan fingerprint density at radius 1 is 1.08 bits per heavy atom. The number of carbonyl (C=O) groups is 1. The fourth-order valence-corrected chi connectivity index (χ4v) is 4.89. The van der Waals surface area contributed by atoms with Crippen molar-refractivity contribution in [1.82, 2.24) is 24.5 Å². The van der Waals surface area contributed by atoms with E-state index < -0.39 is 5.60 Å². The van der Waals surface area contributed by atoms with Crippen molar-refractivity contribution in [2.45, 2.75) is 32.9 Å². The van der Waals surface area contributed by atoms with Gasteiger partial charge in [-0.3, -0.25) is 9.78 Å². The predicted molar refractivity (Wildman–Crippen MR) is 144 cm³/mol. The molecule has 0 radical (unpaired) electrons. The van der Waals surface area contributed by atoms with E-state index in [9.17, 15) is 9.59 Å². The molecule has 37 heavy (non-hydrogen) atoms. The van der Waals surface area contributed by atoms with Crippen LogP contribution >= 0.6 is 11.3 Å². The Hall–Kier alpha value is -3.99. The van der Waals surface area contributed by atoms with Gasteiger partial charge in [0.2, 0.25) is 4.96 Å². The monoisotopic (exact) mass is 519 g/mol. The van der Waals surface area contributed by atoms with Crippen LogP contribution in [0.5, 0.6) is 0 Å². The van der Waals surface area contributed by atoms with Gasteiger partial charge in [0.25, 0.3) is 5.56 Å². The normalized spacial score (nSPS) is 14.1. The van der Waals surface area contributed by atoms with Crippen LogP contribution in [0, 0.1) is 0 Å². The van der Waals surface area contributed by atoms with Crippen LogP contribution in [0.15, 0.2) is 59.7 Å². The molecule has 0 atom stereocenters. The number of amides is 1. The van der Waals surface area contributed by atoms with Gasteiger partial charge in [-0.25, -0.2) is 9.78 Å². The van der Waals surface area contributed by atoms with Crippen molar-refractivity contribution in [2.75, 3.05) is 36.4 Å². The minimum atomic E-state index is -0.533. The molecule has 4 aromatic rings. The predicted octanol–water partition coefficient (Wildman–Crippen LogP) is 3.88. The van der Waals surface area contributed by atoms with E-state index in [1.54, 1.807) is 17.3 Å². The molecule has 1 saturated heterocycles. The summed E-state index contributed by atoms with van der Waals surface area (Å²) < 4.78 is 6.82. The Kier molecular flexibility index (Phi) is 6.79. The second kappa shape index (κ2) is 10.2. The number of rotatable bonds is 5. The summed E-state index contributed by atoms with van der Waals surface area (Å²) in [5, 5.41) is 8.66. The number of hydrogen-bond donors (Lipinski definition) is 1. The number of piperazine rings is 1. The molecule has 1 aliphatic rings. The van der Waals surface area contributed by atoms with E-state index in [4.69, 9.17) is 9.72 Å². The van der Waals surface area contributed by atoms with E-state index in [-0.39, 0.29) is 11.7 Å². The highest BCUT2D eigenvalue weighted by Crippen LogP contribution is 2.27. The number of pyridine rings is 1. The van der Waals surface area contributed by atoms with Crippen LogP contribution < -0.4 is 15.8 Å². The maximum absolute atomic E-state index is 12.9. The molecule has 0 unspecified atom stereocenters. The number of hydrogen-bond acceptors (Lipinski definition) is 9. The first kappa shape index (κ1) is 24.7. The molecule has 0 spiro atoms. The van der Waals surface area contributed by atoms with E-state index in [0.29, 0.717) is 48.5 Å². The van der Waals surface area contributed by atoms with E-state index in [0.717, 1.165) is 16.8 Å². The van der Waals surface area contributed by atoms with E-state index in [1.165, 1.54) is 21.9 Å². The average molecular weight is 520 g/mol. The van der Waals surface area contributed by atoms with Crippen LogP contribution in [-0.4, -0.2) is 62.4 Å². The first-order valence-corrected chi connectivity index (χ1v) is 12.9. The SMILES string of the molecule is CC(C)(C)OC(=O)N1CCN(c2cc(=O)n3nc(-c4cccc(NCc5ccncc5)c4)sc3n2)CC1.